The van der Waals surface area contributed by atoms with Gasteiger partial charge in [0, 0.05) is 45.5 Å². The third-order valence-electron chi connectivity index (χ3n) is 15.2. The van der Waals surface area contributed by atoms with Gasteiger partial charge in [-0.1, -0.05) is 198 Å². The number of ether oxygens (including phenoxy) is 1. The van der Waals surface area contributed by atoms with Gasteiger partial charge in [0.25, 0.3) is 6.33 Å². The summed E-state index contributed by atoms with van der Waals surface area (Å²) in [6.07, 6.45) is 8.15. The van der Waals surface area contributed by atoms with E-state index in [-0.39, 0.29) is 21.7 Å². The summed E-state index contributed by atoms with van der Waals surface area (Å²) in [6, 6.07) is 65.8. The van der Waals surface area contributed by atoms with Gasteiger partial charge in [0.1, 0.15) is 17.3 Å². The number of aromatic nitrogens is 4. The van der Waals surface area contributed by atoms with Crippen molar-refractivity contribution in [2.24, 2.45) is 0 Å². The Kier molecular flexibility index (Phi) is 12.0. The lowest BCUT2D eigenvalue weighted by Gasteiger charge is -2.33. The fraction of sp³-hybridized carbons (Fsp3) is 0.254. The maximum atomic E-state index is 7.03. The third-order valence-corrected chi connectivity index (χ3v) is 15.2. The quantitative estimate of drug-likeness (QED) is 0.0957. The standard InChI is InChI=1S/C67H68N4O/c1-63(2,3)49-34-35-68-62(41-49)71-59-31-23-22-30-57(59)58-33-32-55(43-60(58)71)72-56-40-50(64(4,5)6)37-53(42-56)69-44-61(67(11,12)48-28-20-15-21-29-48)70(45-69)54-38-51(65(7,8)46-24-16-13-17-25-46)36-52(39-54)66(9,10)47-26-18-14-19-27-47/h13-44H,1-12H3. The number of benzene rings is 7. The van der Waals surface area contributed by atoms with Gasteiger partial charge in [-0.15, -0.1) is 0 Å². The molecule has 0 fully saturated rings. The molecule has 72 heavy (non-hydrogen) atoms. The van der Waals surface area contributed by atoms with Crippen LogP contribution in [0.2, 0.25) is 0 Å². The van der Waals surface area contributed by atoms with E-state index < -0.39 is 5.41 Å². The van der Waals surface area contributed by atoms with Gasteiger partial charge in [-0.25, -0.2) is 4.98 Å². The van der Waals surface area contributed by atoms with E-state index >= 15 is 0 Å². The maximum absolute atomic E-state index is 7.03. The summed E-state index contributed by atoms with van der Waals surface area (Å²) in [5.74, 6) is 2.39. The SMILES string of the molecule is CC(C)(C)c1cc(Oc2ccc3c4ccccc4n(-c4cc(C(C)(C)C)ccn4)c3c2)cc(-n2[c-][n+](-c3cc(C(C)(C)c4ccccc4)cc(C(C)(C)c4ccccc4)c3)c(C(C)(C)c3ccccc3)c2)c1. The van der Waals surface area contributed by atoms with Crippen LogP contribution in [0.5, 0.6) is 11.5 Å². The lowest BCUT2D eigenvalue weighted by molar-refractivity contribution is -0.611. The summed E-state index contributed by atoms with van der Waals surface area (Å²) < 4.78 is 13.8. The molecule has 10 aromatic rings. The minimum atomic E-state index is -0.417. The van der Waals surface area contributed by atoms with Crippen molar-refractivity contribution in [1.29, 1.82) is 0 Å². The lowest BCUT2D eigenvalue weighted by atomic mass is 9.73. The molecule has 0 saturated heterocycles. The zero-order chi connectivity index (χ0) is 50.8. The molecule has 362 valence electrons. The van der Waals surface area contributed by atoms with Crippen LogP contribution in [0.3, 0.4) is 0 Å². The van der Waals surface area contributed by atoms with E-state index in [0.29, 0.717) is 0 Å². The topological polar surface area (TPSA) is 35.9 Å². The van der Waals surface area contributed by atoms with Crippen LogP contribution in [-0.2, 0) is 27.1 Å². The van der Waals surface area contributed by atoms with Crippen molar-refractivity contribution in [3.63, 3.8) is 0 Å². The van der Waals surface area contributed by atoms with Crippen molar-refractivity contribution in [3.05, 3.63) is 245 Å². The Morgan fingerprint density at radius 1 is 0.431 bits per heavy atom. The Balaban J connectivity index is 1.15. The first-order valence-electron chi connectivity index (χ1n) is 25.4. The van der Waals surface area contributed by atoms with Gasteiger partial charge in [-0.2, -0.15) is 0 Å². The Hall–Kier alpha value is -7.50. The normalized spacial score (nSPS) is 12.7. The summed E-state index contributed by atoms with van der Waals surface area (Å²) in [4.78, 5) is 4.94. The molecular formula is C67H68N4O. The fourth-order valence-corrected chi connectivity index (χ4v) is 10.3. The first kappa shape index (κ1) is 48.1. The van der Waals surface area contributed by atoms with Gasteiger partial charge in [0.2, 0.25) is 0 Å². The number of rotatable bonds is 11. The highest BCUT2D eigenvalue weighted by atomic mass is 16.5. The number of pyridine rings is 1. The number of nitrogens with zero attached hydrogens (tertiary/aromatic N) is 4. The van der Waals surface area contributed by atoms with Crippen molar-refractivity contribution in [3.8, 4) is 28.7 Å². The number of fused-ring (bicyclic) bond motifs is 3. The number of para-hydroxylation sites is 1. The van der Waals surface area contributed by atoms with Crippen molar-refractivity contribution < 1.29 is 9.30 Å². The van der Waals surface area contributed by atoms with E-state index in [1.165, 1.54) is 38.8 Å². The molecule has 3 heterocycles. The first-order valence-corrected chi connectivity index (χ1v) is 25.4. The lowest BCUT2D eigenvalue weighted by Crippen LogP contribution is -2.41. The highest BCUT2D eigenvalue weighted by Crippen LogP contribution is 2.41. The molecular weight excluding hydrogens is 877 g/mol. The number of hydrogen-bond acceptors (Lipinski definition) is 2. The van der Waals surface area contributed by atoms with Gasteiger partial charge in [0.05, 0.1) is 28.1 Å². The minimum absolute atomic E-state index is 0.0273. The van der Waals surface area contributed by atoms with Crippen molar-refractivity contribution >= 4 is 21.8 Å². The fourth-order valence-electron chi connectivity index (χ4n) is 10.3. The van der Waals surface area contributed by atoms with E-state index in [0.717, 1.165) is 56.4 Å². The molecule has 0 aliphatic heterocycles. The molecule has 0 amide bonds. The van der Waals surface area contributed by atoms with Crippen molar-refractivity contribution in [2.45, 2.75) is 110 Å². The molecule has 0 unspecified atom stereocenters. The second-order valence-corrected chi connectivity index (χ2v) is 23.3. The van der Waals surface area contributed by atoms with Gasteiger partial charge < -0.3 is 4.74 Å². The third kappa shape index (κ3) is 8.95. The first-order chi connectivity index (χ1) is 34.2. The Morgan fingerprint density at radius 3 is 1.56 bits per heavy atom. The smallest absolute Gasteiger partial charge is 0.269 e. The minimum Gasteiger partial charge on any atom is -0.458 e. The van der Waals surface area contributed by atoms with Crippen molar-refractivity contribution in [1.82, 2.24) is 14.1 Å². The molecule has 0 atom stereocenters. The summed E-state index contributed by atoms with van der Waals surface area (Å²) >= 11 is 0. The highest BCUT2D eigenvalue weighted by molar-refractivity contribution is 6.09. The largest absolute Gasteiger partial charge is 0.458 e. The van der Waals surface area contributed by atoms with E-state index in [2.05, 4.69) is 291 Å². The van der Waals surface area contributed by atoms with Crippen LogP contribution in [0.1, 0.15) is 128 Å². The Labute approximate surface area is 427 Å². The molecule has 5 nitrogen and oxygen atoms in total. The van der Waals surface area contributed by atoms with Gasteiger partial charge in [0.15, 0.2) is 0 Å². The average Bonchev–Trinajstić information content (AvgIpc) is 3.98. The molecule has 0 saturated carbocycles. The molecule has 5 heteroatoms. The predicted molar refractivity (Wildman–Crippen MR) is 298 cm³/mol. The van der Waals surface area contributed by atoms with Gasteiger partial charge in [-0.3, -0.25) is 13.7 Å². The van der Waals surface area contributed by atoms with Crippen LogP contribution in [0, 0.1) is 6.33 Å². The van der Waals surface area contributed by atoms with Crippen LogP contribution >= 0.6 is 0 Å². The average molecular weight is 945 g/mol. The molecule has 0 radical (unpaired) electrons. The Bertz CT molecular complexity index is 3510. The summed E-state index contributed by atoms with van der Waals surface area (Å²) in [5.41, 5.74) is 12.7. The maximum Gasteiger partial charge on any atom is 0.269 e. The van der Waals surface area contributed by atoms with Crippen LogP contribution in [0.15, 0.2) is 194 Å². The zero-order valence-electron chi connectivity index (χ0n) is 44.2. The van der Waals surface area contributed by atoms with E-state index in [9.17, 15) is 0 Å². The van der Waals surface area contributed by atoms with Gasteiger partial charge >= 0.3 is 0 Å². The zero-order valence-corrected chi connectivity index (χ0v) is 44.2. The molecule has 0 spiro atoms. The van der Waals surface area contributed by atoms with E-state index in [1.54, 1.807) is 0 Å². The number of hydrogen-bond donors (Lipinski definition) is 0. The van der Waals surface area contributed by atoms with Gasteiger partial charge in [-0.05, 0) is 110 Å². The van der Waals surface area contributed by atoms with Crippen LogP contribution in [-0.4, -0.2) is 14.1 Å². The summed E-state index contributed by atoms with van der Waals surface area (Å²) in [5, 5.41) is 2.33. The van der Waals surface area contributed by atoms with Crippen LogP contribution in [0.25, 0.3) is 39.0 Å². The van der Waals surface area contributed by atoms with Crippen molar-refractivity contribution in [2.75, 3.05) is 0 Å². The molecule has 0 aliphatic carbocycles. The molecule has 10 rings (SSSR count). The number of imidazole rings is 1. The van der Waals surface area contributed by atoms with Crippen LogP contribution in [0.4, 0.5) is 0 Å². The van der Waals surface area contributed by atoms with E-state index in [4.69, 9.17) is 9.72 Å². The monoisotopic (exact) mass is 945 g/mol. The molecule has 0 bridgehead atoms. The van der Waals surface area contributed by atoms with Crippen LogP contribution < -0.4 is 9.30 Å². The second-order valence-electron chi connectivity index (χ2n) is 23.3. The van der Waals surface area contributed by atoms with E-state index in [1.807, 2.05) is 6.20 Å². The highest BCUT2D eigenvalue weighted by Gasteiger charge is 2.33. The molecule has 0 N–H and O–H groups in total. The summed E-state index contributed by atoms with van der Waals surface area (Å²) in [6.45, 7) is 27.5. The predicted octanol–water partition coefficient (Wildman–Crippen LogP) is 16.4. The molecule has 3 aromatic heterocycles. The molecule has 0 aliphatic rings. The Morgan fingerprint density at radius 2 is 0.972 bits per heavy atom. The summed E-state index contributed by atoms with van der Waals surface area (Å²) in [7, 11) is 0. The molecule has 7 aromatic carbocycles. The second kappa shape index (κ2) is 18.0.